The summed E-state index contributed by atoms with van der Waals surface area (Å²) in [4.78, 5) is 12.3. The van der Waals surface area contributed by atoms with E-state index in [-0.39, 0.29) is 11.8 Å². The van der Waals surface area contributed by atoms with Crippen molar-refractivity contribution >= 4 is 11.7 Å². The van der Waals surface area contributed by atoms with E-state index in [0.29, 0.717) is 23.5 Å². The van der Waals surface area contributed by atoms with Crippen molar-refractivity contribution in [3.05, 3.63) is 12.1 Å². The predicted octanol–water partition coefficient (Wildman–Crippen LogP) is 3.42. The van der Waals surface area contributed by atoms with E-state index in [2.05, 4.69) is 15.5 Å². The van der Waals surface area contributed by atoms with Gasteiger partial charge < -0.3 is 10.1 Å². The van der Waals surface area contributed by atoms with E-state index in [1.165, 1.54) is 32.1 Å². The topological polar surface area (TPSA) is 64.1 Å². The molecule has 1 heterocycles. The van der Waals surface area contributed by atoms with Crippen molar-refractivity contribution in [2.24, 2.45) is 17.8 Å². The fraction of sp³-hybridized carbons (Fsp3) is 0.706. The fourth-order valence-corrected chi connectivity index (χ4v) is 3.04. The van der Waals surface area contributed by atoms with Gasteiger partial charge in [-0.15, -0.1) is 10.2 Å². The molecule has 1 unspecified atom stereocenters. The molecule has 0 aliphatic heterocycles. The third-order valence-electron chi connectivity index (χ3n) is 4.83. The molecule has 0 aromatic carbocycles. The normalized spacial score (nSPS) is 20.4. The highest BCUT2D eigenvalue weighted by atomic mass is 16.5. The van der Waals surface area contributed by atoms with Gasteiger partial charge in [-0.05, 0) is 43.6 Å². The second kappa shape index (κ2) is 7.07. The Morgan fingerprint density at radius 2 is 2.00 bits per heavy atom. The summed E-state index contributed by atoms with van der Waals surface area (Å²) < 4.78 is 5.55. The van der Waals surface area contributed by atoms with Crippen molar-refractivity contribution in [2.45, 2.75) is 51.9 Å². The third-order valence-corrected chi connectivity index (χ3v) is 4.83. The molecule has 2 saturated carbocycles. The van der Waals surface area contributed by atoms with E-state index in [9.17, 15) is 4.79 Å². The highest BCUT2D eigenvalue weighted by molar-refractivity contribution is 5.91. The Morgan fingerprint density at radius 3 is 2.64 bits per heavy atom. The Labute approximate surface area is 131 Å². The van der Waals surface area contributed by atoms with Crippen molar-refractivity contribution < 1.29 is 9.53 Å². The number of hydrogen-bond donors (Lipinski definition) is 1. The summed E-state index contributed by atoms with van der Waals surface area (Å²) in [7, 11) is 0. The molecule has 3 rings (SSSR count). The van der Waals surface area contributed by atoms with Gasteiger partial charge in [-0.1, -0.05) is 26.2 Å². The lowest BCUT2D eigenvalue weighted by molar-refractivity contribution is -0.121. The van der Waals surface area contributed by atoms with Gasteiger partial charge >= 0.3 is 0 Å². The average Bonchev–Trinajstić information content (AvgIpc) is 3.38. The number of hydrogen-bond acceptors (Lipinski definition) is 4. The maximum absolute atomic E-state index is 12.3. The number of nitrogens with zero attached hydrogens (tertiary/aromatic N) is 2. The van der Waals surface area contributed by atoms with Gasteiger partial charge in [0.25, 0.3) is 0 Å². The zero-order valence-electron chi connectivity index (χ0n) is 13.3. The molecule has 1 amide bonds. The summed E-state index contributed by atoms with van der Waals surface area (Å²) in [5, 5.41) is 10.9. The van der Waals surface area contributed by atoms with Crippen molar-refractivity contribution in [2.75, 3.05) is 11.9 Å². The molecular weight excluding hydrogens is 278 g/mol. The lowest BCUT2D eigenvalue weighted by Gasteiger charge is -2.26. The number of anilines is 1. The van der Waals surface area contributed by atoms with E-state index in [0.717, 1.165) is 19.4 Å². The molecule has 1 atom stereocenters. The summed E-state index contributed by atoms with van der Waals surface area (Å²) in [5.41, 5.74) is 0. The molecule has 2 aliphatic carbocycles. The number of aromatic nitrogens is 2. The number of carbonyl (C=O) groups excluding carboxylic acids is 1. The van der Waals surface area contributed by atoms with Crippen LogP contribution in [0.1, 0.15) is 51.9 Å². The first-order valence-electron chi connectivity index (χ1n) is 8.50. The molecule has 1 aromatic heterocycles. The Kier molecular flexibility index (Phi) is 4.90. The molecule has 1 N–H and O–H groups in total. The Balaban J connectivity index is 1.49. The van der Waals surface area contributed by atoms with Crippen LogP contribution in [0.3, 0.4) is 0 Å². The number of ether oxygens (including phenoxy) is 1. The quantitative estimate of drug-likeness (QED) is 0.874. The summed E-state index contributed by atoms with van der Waals surface area (Å²) in [6.45, 7) is 2.74. The fourth-order valence-electron chi connectivity index (χ4n) is 3.04. The van der Waals surface area contributed by atoms with Crippen LogP contribution < -0.4 is 10.1 Å². The van der Waals surface area contributed by atoms with Gasteiger partial charge in [0.05, 0.1) is 6.61 Å². The molecule has 0 radical (unpaired) electrons. The van der Waals surface area contributed by atoms with E-state index >= 15 is 0 Å². The number of amides is 1. The summed E-state index contributed by atoms with van der Waals surface area (Å²) >= 11 is 0. The molecule has 5 nitrogen and oxygen atoms in total. The van der Waals surface area contributed by atoms with Gasteiger partial charge in [-0.3, -0.25) is 4.79 Å². The first kappa shape index (κ1) is 15.3. The summed E-state index contributed by atoms with van der Waals surface area (Å²) in [5.74, 6) is 2.32. The first-order valence-corrected chi connectivity index (χ1v) is 8.50. The molecule has 22 heavy (non-hydrogen) atoms. The maximum atomic E-state index is 12.3. The van der Waals surface area contributed by atoms with E-state index in [4.69, 9.17) is 4.74 Å². The number of rotatable bonds is 6. The van der Waals surface area contributed by atoms with Gasteiger partial charge in [-0.25, -0.2) is 0 Å². The molecule has 1 aromatic rings. The number of nitrogens with one attached hydrogen (secondary N) is 1. The van der Waals surface area contributed by atoms with Crippen LogP contribution in [0, 0.1) is 17.8 Å². The Bertz CT molecular complexity index is 493. The molecule has 0 saturated heterocycles. The smallest absolute Gasteiger partial charge is 0.233 e. The van der Waals surface area contributed by atoms with Gasteiger partial charge in [0.15, 0.2) is 5.82 Å². The third kappa shape index (κ3) is 4.18. The average molecular weight is 303 g/mol. The zero-order valence-corrected chi connectivity index (χ0v) is 13.3. The zero-order chi connectivity index (χ0) is 15.4. The van der Waals surface area contributed by atoms with E-state index in [1.54, 1.807) is 12.1 Å². The highest BCUT2D eigenvalue weighted by Crippen LogP contribution is 2.31. The van der Waals surface area contributed by atoms with Crippen LogP contribution >= 0.6 is 0 Å². The van der Waals surface area contributed by atoms with Gasteiger partial charge in [0.1, 0.15) is 0 Å². The van der Waals surface area contributed by atoms with Crippen LogP contribution in [-0.4, -0.2) is 22.7 Å². The van der Waals surface area contributed by atoms with Crippen LogP contribution in [0.4, 0.5) is 5.82 Å². The Hall–Kier alpha value is -1.65. The van der Waals surface area contributed by atoms with Crippen molar-refractivity contribution in [3.8, 4) is 5.88 Å². The molecule has 2 aliphatic rings. The lowest BCUT2D eigenvalue weighted by atomic mass is 9.80. The second-order valence-corrected chi connectivity index (χ2v) is 6.69. The van der Waals surface area contributed by atoms with Gasteiger partial charge in [0.2, 0.25) is 11.8 Å². The van der Waals surface area contributed by atoms with Crippen molar-refractivity contribution in [3.63, 3.8) is 0 Å². The number of carbonyl (C=O) groups is 1. The monoisotopic (exact) mass is 303 g/mol. The predicted molar refractivity (Wildman–Crippen MR) is 84.6 cm³/mol. The SMILES string of the molecule is CC(C(=O)Nc1ccc(OCC2CC2)nn1)C1CCCCC1. The highest BCUT2D eigenvalue weighted by Gasteiger charge is 2.26. The first-order chi connectivity index (χ1) is 10.7. The molecule has 5 heteroatoms. The van der Waals surface area contributed by atoms with E-state index < -0.39 is 0 Å². The summed E-state index contributed by atoms with van der Waals surface area (Å²) in [6.07, 6.45) is 8.62. The van der Waals surface area contributed by atoms with Gasteiger partial charge in [-0.2, -0.15) is 0 Å². The largest absolute Gasteiger partial charge is 0.476 e. The summed E-state index contributed by atoms with van der Waals surface area (Å²) in [6, 6.07) is 3.54. The van der Waals surface area contributed by atoms with Crippen LogP contribution in [0.25, 0.3) is 0 Å². The van der Waals surface area contributed by atoms with E-state index in [1.807, 2.05) is 6.92 Å². The van der Waals surface area contributed by atoms with Crippen LogP contribution in [0.2, 0.25) is 0 Å². The minimum absolute atomic E-state index is 0.0351. The minimum Gasteiger partial charge on any atom is -0.476 e. The van der Waals surface area contributed by atoms with Crippen LogP contribution in [-0.2, 0) is 4.79 Å². The molecule has 0 spiro atoms. The second-order valence-electron chi connectivity index (χ2n) is 6.69. The standard InChI is InChI=1S/C17H25N3O2/c1-12(14-5-3-2-4-6-14)17(21)18-15-9-10-16(20-19-15)22-11-13-7-8-13/h9-10,12-14H,2-8,11H2,1H3,(H,18,19,21). The molecular formula is C17H25N3O2. The minimum atomic E-state index is 0.0351. The van der Waals surface area contributed by atoms with Crippen molar-refractivity contribution in [1.29, 1.82) is 0 Å². The maximum Gasteiger partial charge on any atom is 0.233 e. The lowest BCUT2D eigenvalue weighted by Crippen LogP contribution is -2.28. The molecule has 2 fully saturated rings. The van der Waals surface area contributed by atoms with Crippen LogP contribution in [0.5, 0.6) is 5.88 Å². The molecule has 120 valence electrons. The Morgan fingerprint density at radius 1 is 1.23 bits per heavy atom. The molecule has 0 bridgehead atoms. The van der Waals surface area contributed by atoms with Gasteiger partial charge in [0, 0.05) is 12.0 Å². The van der Waals surface area contributed by atoms with Crippen molar-refractivity contribution in [1.82, 2.24) is 10.2 Å². The van der Waals surface area contributed by atoms with Crippen LogP contribution in [0.15, 0.2) is 12.1 Å².